The minimum atomic E-state index is -0.964. The van der Waals surface area contributed by atoms with E-state index in [-0.39, 0.29) is 13.2 Å². The lowest BCUT2D eigenvalue weighted by Gasteiger charge is -2.18. The zero-order valence-electron chi connectivity index (χ0n) is 11.8. The van der Waals surface area contributed by atoms with E-state index in [1.165, 1.54) is 0 Å². The minimum absolute atomic E-state index is 0.122. The van der Waals surface area contributed by atoms with Gasteiger partial charge in [-0.15, -0.1) is 0 Å². The zero-order valence-corrected chi connectivity index (χ0v) is 13.4. The maximum absolute atomic E-state index is 12.0. The molecule has 1 aliphatic heterocycles. The monoisotopic (exact) mass is 356 g/mol. The number of urea groups is 1. The molecule has 0 bridgehead atoms. The van der Waals surface area contributed by atoms with Gasteiger partial charge in [0.05, 0.1) is 19.3 Å². The quantitative estimate of drug-likeness (QED) is 0.775. The Labute approximate surface area is 131 Å². The third-order valence-corrected chi connectivity index (χ3v) is 3.91. The molecule has 1 aliphatic rings. The second-order valence-corrected chi connectivity index (χ2v) is 6.02. The number of carbonyl (C=O) groups excluding carboxylic acids is 1. The Morgan fingerprint density at radius 1 is 1.29 bits per heavy atom. The summed E-state index contributed by atoms with van der Waals surface area (Å²) in [6, 6.07) is 2.87. The summed E-state index contributed by atoms with van der Waals surface area (Å²) in [5, 5.41) is 14.5. The summed E-state index contributed by atoms with van der Waals surface area (Å²) in [7, 11) is 0. The van der Waals surface area contributed by atoms with Crippen LogP contribution in [0.25, 0.3) is 0 Å². The van der Waals surface area contributed by atoms with E-state index in [1.54, 1.807) is 0 Å². The smallest absolute Gasteiger partial charge is 0.319 e. The number of halogens is 1. The van der Waals surface area contributed by atoms with E-state index < -0.39 is 24.0 Å². The number of aryl methyl sites for hydroxylation is 2. The number of carbonyl (C=O) groups is 2. The van der Waals surface area contributed by atoms with Gasteiger partial charge in [0.1, 0.15) is 5.92 Å². The van der Waals surface area contributed by atoms with Gasteiger partial charge in [0, 0.05) is 10.2 Å². The van der Waals surface area contributed by atoms with Gasteiger partial charge in [-0.3, -0.25) is 4.79 Å². The van der Waals surface area contributed by atoms with Crippen molar-refractivity contribution in [2.24, 2.45) is 5.92 Å². The summed E-state index contributed by atoms with van der Waals surface area (Å²) < 4.78 is 6.06. The van der Waals surface area contributed by atoms with Crippen LogP contribution in [-0.4, -0.2) is 36.4 Å². The molecule has 3 N–H and O–H groups in total. The minimum Gasteiger partial charge on any atom is -0.481 e. The van der Waals surface area contributed by atoms with Crippen molar-refractivity contribution in [3.05, 3.63) is 27.7 Å². The number of benzene rings is 1. The molecule has 1 saturated heterocycles. The lowest BCUT2D eigenvalue weighted by atomic mass is 10.0. The Bertz CT molecular complexity index is 553. The van der Waals surface area contributed by atoms with Crippen molar-refractivity contribution < 1.29 is 19.4 Å². The average molecular weight is 357 g/mol. The third-order valence-electron chi connectivity index (χ3n) is 3.45. The summed E-state index contributed by atoms with van der Waals surface area (Å²) in [5.41, 5.74) is 2.57. The van der Waals surface area contributed by atoms with Gasteiger partial charge < -0.3 is 20.5 Å². The standard InChI is InChI=1S/C14H17BrN2O4/c1-7-3-9(15)4-8(2)12(7)17-14(20)16-11-6-21-5-10(11)13(18)19/h3-4,10-11H,5-6H2,1-2H3,(H,18,19)(H2,16,17,20). The number of ether oxygens (including phenoxy) is 1. The molecule has 1 fully saturated rings. The van der Waals surface area contributed by atoms with Crippen molar-refractivity contribution in [2.75, 3.05) is 18.5 Å². The number of hydrogen-bond donors (Lipinski definition) is 3. The fourth-order valence-corrected chi connectivity index (χ4v) is 3.05. The summed E-state index contributed by atoms with van der Waals surface area (Å²) in [6.07, 6.45) is 0. The molecule has 1 aromatic rings. The van der Waals surface area contributed by atoms with Crippen molar-refractivity contribution in [1.82, 2.24) is 5.32 Å². The highest BCUT2D eigenvalue weighted by Gasteiger charge is 2.35. The summed E-state index contributed by atoms with van der Waals surface area (Å²) in [4.78, 5) is 23.1. The number of nitrogens with one attached hydrogen (secondary N) is 2. The number of carboxylic acid groups (broad SMARTS) is 1. The van der Waals surface area contributed by atoms with Crippen LogP contribution in [0, 0.1) is 19.8 Å². The highest BCUT2D eigenvalue weighted by atomic mass is 79.9. The zero-order chi connectivity index (χ0) is 15.6. The van der Waals surface area contributed by atoms with Crippen molar-refractivity contribution >= 4 is 33.6 Å². The Morgan fingerprint density at radius 3 is 2.48 bits per heavy atom. The molecular formula is C14H17BrN2O4. The van der Waals surface area contributed by atoms with Crippen LogP contribution in [0.15, 0.2) is 16.6 Å². The lowest BCUT2D eigenvalue weighted by molar-refractivity contribution is -0.142. The number of rotatable bonds is 3. The number of hydrogen-bond acceptors (Lipinski definition) is 3. The number of amides is 2. The molecule has 1 aromatic carbocycles. The maximum atomic E-state index is 12.0. The van der Waals surface area contributed by atoms with Crippen LogP contribution in [0.4, 0.5) is 10.5 Å². The Hall–Kier alpha value is -1.60. The van der Waals surface area contributed by atoms with E-state index in [0.29, 0.717) is 0 Å². The van der Waals surface area contributed by atoms with Crippen LogP contribution in [0.2, 0.25) is 0 Å². The van der Waals surface area contributed by atoms with E-state index in [4.69, 9.17) is 9.84 Å². The first-order chi connectivity index (χ1) is 9.88. The van der Waals surface area contributed by atoms with Crippen molar-refractivity contribution in [3.8, 4) is 0 Å². The topological polar surface area (TPSA) is 87.7 Å². The molecule has 21 heavy (non-hydrogen) atoms. The number of carboxylic acids is 1. The van der Waals surface area contributed by atoms with Crippen LogP contribution < -0.4 is 10.6 Å². The largest absolute Gasteiger partial charge is 0.481 e. The third kappa shape index (κ3) is 3.74. The van der Waals surface area contributed by atoms with Gasteiger partial charge in [-0.1, -0.05) is 15.9 Å². The summed E-state index contributed by atoms with van der Waals surface area (Å²) in [5.74, 6) is -1.67. The highest BCUT2D eigenvalue weighted by molar-refractivity contribution is 9.10. The van der Waals surface area contributed by atoms with Crippen LogP contribution in [0.5, 0.6) is 0 Å². The Kier molecular flexibility index (Phi) is 4.84. The van der Waals surface area contributed by atoms with Gasteiger partial charge in [0.15, 0.2) is 0 Å². The molecule has 7 heteroatoms. The highest BCUT2D eigenvalue weighted by Crippen LogP contribution is 2.25. The molecule has 0 aromatic heterocycles. The van der Waals surface area contributed by atoms with Gasteiger partial charge in [0.2, 0.25) is 0 Å². The fourth-order valence-electron chi connectivity index (χ4n) is 2.37. The predicted molar refractivity (Wildman–Crippen MR) is 81.5 cm³/mol. The Balaban J connectivity index is 2.04. The van der Waals surface area contributed by atoms with Gasteiger partial charge >= 0.3 is 12.0 Å². The van der Waals surface area contributed by atoms with E-state index >= 15 is 0 Å². The molecule has 2 rings (SSSR count). The second kappa shape index (κ2) is 6.44. The van der Waals surface area contributed by atoms with Gasteiger partial charge in [-0.25, -0.2) is 4.79 Å². The molecular weight excluding hydrogens is 340 g/mol. The fraction of sp³-hybridized carbons (Fsp3) is 0.429. The van der Waals surface area contributed by atoms with E-state index in [0.717, 1.165) is 21.3 Å². The van der Waals surface area contributed by atoms with Crippen molar-refractivity contribution in [1.29, 1.82) is 0 Å². The SMILES string of the molecule is Cc1cc(Br)cc(C)c1NC(=O)NC1COCC1C(=O)O. The molecule has 1 heterocycles. The predicted octanol–water partition coefficient (Wildman–Crippen LogP) is 2.29. The molecule has 0 saturated carbocycles. The summed E-state index contributed by atoms with van der Waals surface area (Å²) in [6.45, 7) is 4.12. The molecule has 114 valence electrons. The van der Waals surface area contributed by atoms with Crippen LogP contribution >= 0.6 is 15.9 Å². The molecule has 0 aliphatic carbocycles. The first kappa shape index (κ1) is 15.8. The Morgan fingerprint density at radius 2 is 1.90 bits per heavy atom. The average Bonchev–Trinajstić information content (AvgIpc) is 2.82. The van der Waals surface area contributed by atoms with Crippen LogP contribution in [-0.2, 0) is 9.53 Å². The maximum Gasteiger partial charge on any atom is 0.319 e. The van der Waals surface area contributed by atoms with Crippen molar-refractivity contribution in [2.45, 2.75) is 19.9 Å². The molecule has 2 atom stereocenters. The first-order valence-electron chi connectivity index (χ1n) is 6.53. The summed E-state index contributed by atoms with van der Waals surface area (Å²) >= 11 is 3.40. The van der Waals surface area contributed by atoms with Crippen molar-refractivity contribution in [3.63, 3.8) is 0 Å². The van der Waals surface area contributed by atoms with E-state index in [9.17, 15) is 9.59 Å². The first-order valence-corrected chi connectivity index (χ1v) is 7.32. The lowest BCUT2D eigenvalue weighted by Crippen LogP contribution is -2.44. The van der Waals surface area contributed by atoms with E-state index in [2.05, 4.69) is 26.6 Å². The number of anilines is 1. The molecule has 0 radical (unpaired) electrons. The van der Waals surface area contributed by atoms with Crippen LogP contribution in [0.1, 0.15) is 11.1 Å². The second-order valence-electron chi connectivity index (χ2n) is 5.10. The molecule has 2 unspecified atom stereocenters. The number of aliphatic carboxylic acids is 1. The van der Waals surface area contributed by atoms with Gasteiger partial charge in [-0.05, 0) is 37.1 Å². The van der Waals surface area contributed by atoms with Gasteiger partial charge in [-0.2, -0.15) is 0 Å². The van der Waals surface area contributed by atoms with Crippen LogP contribution in [0.3, 0.4) is 0 Å². The van der Waals surface area contributed by atoms with E-state index in [1.807, 2.05) is 26.0 Å². The van der Waals surface area contributed by atoms with Gasteiger partial charge in [0.25, 0.3) is 0 Å². The molecule has 2 amide bonds. The molecule has 0 spiro atoms. The molecule has 6 nitrogen and oxygen atoms in total. The normalized spacial score (nSPS) is 21.1.